The molecular weight excluding hydrogens is 228 g/mol. The summed E-state index contributed by atoms with van der Waals surface area (Å²) in [5, 5.41) is 5.27. The minimum atomic E-state index is -0.271. The average Bonchev–Trinajstić information content (AvgIpc) is 2.30. The van der Waals surface area contributed by atoms with Crippen molar-refractivity contribution in [2.45, 2.75) is 6.92 Å². The van der Waals surface area contributed by atoms with Gasteiger partial charge in [0.15, 0.2) is 0 Å². The number of anilines is 1. The summed E-state index contributed by atoms with van der Waals surface area (Å²) in [5.74, 6) is -0.483. The number of carbonyl (C=O) groups excluding carboxylic acids is 2. The summed E-state index contributed by atoms with van der Waals surface area (Å²) < 4.78 is 0. The van der Waals surface area contributed by atoms with Crippen LogP contribution in [0, 0.1) is 0 Å². The van der Waals surface area contributed by atoms with Gasteiger partial charge in [0.25, 0.3) is 5.91 Å². The molecule has 1 aromatic carbocycles. The number of amides is 2. The van der Waals surface area contributed by atoms with Crippen molar-refractivity contribution < 1.29 is 9.59 Å². The van der Waals surface area contributed by atoms with Crippen LogP contribution in [0.1, 0.15) is 17.3 Å². The molecule has 0 aliphatic rings. The van der Waals surface area contributed by atoms with E-state index in [4.69, 9.17) is 11.6 Å². The Hall–Kier alpha value is -1.55. The number of hydrogen-bond donors (Lipinski definition) is 2. The van der Waals surface area contributed by atoms with E-state index in [1.165, 1.54) is 0 Å². The summed E-state index contributed by atoms with van der Waals surface area (Å²) in [7, 11) is 0. The molecule has 0 spiro atoms. The predicted octanol–water partition coefficient (Wildman–Crippen LogP) is 1.61. The second-order valence-corrected chi connectivity index (χ2v) is 3.39. The normalized spacial score (nSPS) is 9.62. The molecule has 0 fully saturated rings. The van der Waals surface area contributed by atoms with Gasteiger partial charge in [-0.2, -0.15) is 0 Å². The average molecular weight is 241 g/mol. The van der Waals surface area contributed by atoms with Gasteiger partial charge in [-0.1, -0.05) is 0 Å². The SMILES string of the molecule is CCNC(=O)c1ccc(NC(=O)CCl)cc1. The van der Waals surface area contributed by atoms with Crippen molar-refractivity contribution in [1.29, 1.82) is 0 Å². The van der Waals surface area contributed by atoms with Crippen molar-refractivity contribution in [3.05, 3.63) is 29.8 Å². The molecule has 0 aromatic heterocycles. The van der Waals surface area contributed by atoms with Crippen molar-refractivity contribution in [3.63, 3.8) is 0 Å². The summed E-state index contributed by atoms with van der Waals surface area (Å²) in [6.45, 7) is 2.44. The van der Waals surface area contributed by atoms with E-state index in [-0.39, 0.29) is 17.7 Å². The molecule has 4 nitrogen and oxygen atoms in total. The fraction of sp³-hybridized carbons (Fsp3) is 0.273. The van der Waals surface area contributed by atoms with Crippen molar-refractivity contribution >= 4 is 29.1 Å². The maximum absolute atomic E-state index is 11.4. The van der Waals surface area contributed by atoms with Crippen LogP contribution >= 0.6 is 11.6 Å². The molecule has 0 aliphatic carbocycles. The third kappa shape index (κ3) is 3.55. The fourth-order valence-electron chi connectivity index (χ4n) is 1.16. The molecule has 2 N–H and O–H groups in total. The van der Waals surface area contributed by atoms with E-state index >= 15 is 0 Å². The van der Waals surface area contributed by atoms with Crippen LogP contribution in [0.15, 0.2) is 24.3 Å². The van der Waals surface area contributed by atoms with Gasteiger partial charge in [0.05, 0.1) is 0 Å². The number of hydrogen-bond acceptors (Lipinski definition) is 2. The van der Waals surface area contributed by atoms with E-state index in [0.29, 0.717) is 17.8 Å². The minimum Gasteiger partial charge on any atom is -0.352 e. The molecule has 0 bridgehead atoms. The number of rotatable bonds is 4. The zero-order chi connectivity index (χ0) is 12.0. The summed E-state index contributed by atoms with van der Waals surface area (Å²) in [4.78, 5) is 22.4. The first-order chi connectivity index (χ1) is 7.67. The smallest absolute Gasteiger partial charge is 0.251 e. The van der Waals surface area contributed by atoms with Crippen LogP contribution in [0.4, 0.5) is 5.69 Å². The molecule has 0 aliphatic heterocycles. The van der Waals surface area contributed by atoms with Gasteiger partial charge in [0.2, 0.25) is 5.91 Å². The lowest BCUT2D eigenvalue weighted by atomic mass is 10.2. The lowest BCUT2D eigenvalue weighted by Crippen LogP contribution is -2.22. The topological polar surface area (TPSA) is 58.2 Å². The van der Waals surface area contributed by atoms with Gasteiger partial charge in [0, 0.05) is 17.8 Å². The van der Waals surface area contributed by atoms with Crippen molar-refractivity contribution in [2.24, 2.45) is 0 Å². The second kappa shape index (κ2) is 6.12. The van der Waals surface area contributed by atoms with Crippen LogP contribution in [0.5, 0.6) is 0 Å². The molecule has 0 saturated carbocycles. The Balaban J connectivity index is 2.67. The Labute approximate surface area is 99.0 Å². The quantitative estimate of drug-likeness (QED) is 0.786. The number of alkyl halides is 1. The lowest BCUT2D eigenvalue weighted by molar-refractivity contribution is -0.113. The van der Waals surface area contributed by atoms with E-state index in [9.17, 15) is 9.59 Å². The van der Waals surface area contributed by atoms with Crippen LogP contribution in [-0.2, 0) is 4.79 Å². The number of benzene rings is 1. The minimum absolute atomic E-state index is 0.0852. The largest absolute Gasteiger partial charge is 0.352 e. The van der Waals surface area contributed by atoms with Gasteiger partial charge in [-0.25, -0.2) is 0 Å². The Morgan fingerprint density at radius 1 is 1.25 bits per heavy atom. The first kappa shape index (κ1) is 12.5. The maximum atomic E-state index is 11.4. The van der Waals surface area contributed by atoms with Gasteiger partial charge in [-0.15, -0.1) is 11.6 Å². The summed E-state index contributed by atoms with van der Waals surface area (Å²) in [6, 6.07) is 6.62. The summed E-state index contributed by atoms with van der Waals surface area (Å²) in [5.41, 5.74) is 1.18. The molecule has 0 atom stereocenters. The molecule has 86 valence electrons. The number of carbonyl (C=O) groups is 2. The fourth-order valence-corrected chi connectivity index (χ4v) is 1.23. The Morgan fingerprint density at radius 3 is 2.38 bits per heavy atom. The highest BCUT2D eigenvalue weighted by Crippen LogP contribution is 2.09. The third-order valence-corrected chi connectivity index (χ3v) is 2.13. The van der Waals surface area contributed by atoms with Crippen molar-refractivity contribution in [1.82, 2.24) is 5.32 Å². The van der Waals surface area contributed by atoms with Crippen LogP contribution in [-0.4, -0.2) is 24.2 Å². The lowest BCUT2D eigenvalue weighted by Gasteiger charge is -2.05. The number of halogens is 1. The zero-order valence-corrected chi connectivity index (χ0v) is 9.67. The van der Waals surface area contributed by atoms with E-state index < -0.39 is 0 Å². The number of nitrogens with one attached hydrogen (secondary N) is 2. The Bertz CT molecular complexity index is 376. The second-order valence-electron chi connectivity index (χ2n) is 3.12. The van der Waals surface area contributed by atoms with Gasteiger partial charge in [-0.05, 0) is 31.2 Å². The first-order valence-corrected chi connectivity index (χ1v) is 5.45. The van der Waals surface area contributed by atoms with E-state index in [1.54, 1.807) is 24.3 Å². The first-order valence-electron chi connectivity index (χ1n) is 4.91. The monoisotopic (exact) mass is 240 g/mol. The van der Waals surface area contributed by atoms with Crippen LogP contribution in [0.3, 0.4) is 0 Å². The van der Waals surface area contributed by atoms with Gasteiger partial charge in [0.1, 0.15) is 5.88 Å². The van der Waals surface area contributed by atoms with E-state index in [2.05, 4.69) is 10.6 Å². The molecule has 0 heterocycles. The molecule has 0 saturated heterocycles. The van der Waals surface area contributed by atoms with Crippen molar-refractivity contribution in [3.8, 4) is 0 Å². The highest BCUT2D eigenvalue weighted by molar-refractivity contribution is 6.29. The van der Waals surface area contributed by atoms with E-state index in [0.717, 1.165) is 0 Å². The van der Waals surface area contributed by atoms with Crippen LogP contribution in [0.2, 0.25) is 0 Å². The van der Waals surface area contributed by atoms with Gasteiger partial charge >= 0.3 is 0 Å². The predicted molar refractivity (Wildman–Crippen MR) is 63.8 cm³/mol. The molecule has 1 aromatic rings. The standard InChI is InChI=1S/C11H13ClN2O2/c1-2-13-11(16)8-3-5-9(6-4-8)14-10(15)7-12/h3-6H,2,7H2,1H3,(H,13,16)(H,14,15). The summed E-state index contributed by atoms with van der Waals surface area (Å²) >= 11 is 5.35. The van der Waals surface area contributed by atoms with Crippen LogP contribution < -0.4 is 10.6 Å². The molecular formula is C11H13ClN2O2. The highest BCUT2D eigenvalue weighted by Gasteiger charge is 2.04. The third-order valence-electron chi connectivity index (χ3n) is 1.89. The summed E-state index contributed by atoms with van der Waals surface area (Å²) in [6.07, 6.45) is 0. The molecule has 2 amide bonds. The van der Waals surface area contributed by atoms with E-state index in [1.807, 2.05) is 6.92 Å². The molecule has 16 heavy (non-hydrogen) atoms. The van der Waals surface area contributed by atoms with Gasteiger partial charge < -0.3 is 10.6 Å². The Morgan fingerprint density at radius 2 is 1.88 bits per heavy atom. The molecule has 5 heteroatoms. The van der Waals surface area contributed by atoms with Crippen molar-refractivity contribution in [2.75, 3.05) is 17.7 Å². The Kier molecular flexibility index (Phi) is 4.79. The van der Waals surface area contributed by atoms with Crippen LogP contribution in [0.25, 0.3) is 0 Å². The maximum Gasteiger partial charge on any atom is 0.251 e. The molecule has 0 radical (unpaired) electrons. The molecule has 0 unspecified atom stereocenters. The van der Waals surface area contributed by atoms with Gasteiger partial charge in [-0.3, -0.25) is 9.59 Å². The highest BCUT2D eigenvalue weighted by atomic mass is 35.5. The zero-order valence-electron chi connectivity index (χ0n) is 8.92. The molecule has 1 rings (SSSR count).